The molecule has 0 amide bonds. The van der Waals surface area contributed by atoms with Crippen molar-refractivity contribution in [1.29, 1.82) is 0 Å². The van der Waals surface area contributed by atoms with Crippen molar-refractivity contribution >= 4 is 0 Å². The fourth-order valence-corrected chi connectivity index (χ4v) is 2.49. The smallest absolute Gasteiger partial charge is 0.00933 e. The van der Waals surface area contributed by atoms with Gasteiger partial charge >= 0.3 is 0 Å². The van der Waals surface area contributed by atoms with Crippen LogP contribution in [0, 0.1) is 5.41 Å². The monoisotopic (exact) mass is 196 g/mol. The van der Waals surface area contributed by atoms with Gasteiger partial charge in [0.05, 0.1) is 0 Å². The lowest BCUT2D eigenvalue weighted by Gasteiger charge is -2.19. The molecule has 82 valence electrons. The van der Waals surface area contributed by atoms with Gasteiger partial charge in [0.2, 0.25) is 0 Å². The first-order valence-corrected chi connectivity index (χ1v) is 6.00. The van der Waals surface area contributed by atoms with Crippen molar-refractivity contribution in [1.82, 2.24) is 10.2 Å². The summed E-state index contributed by atoms with van der Waals surface area (Å²) in [6, 6.07) is 1.69. The van der Waals surface area contributed by atoms with E-state index in [1.165, 1.54) is 38.8 Å². The summed E-state index contributed by atoms with van der Waals surface area (Å²) < 4.78 is 0. The van der Waals surface area contributed by atoms with Crippen molar-refractivity contribution in [2.75, 3.05) is 20.1 Å². The van der Waals surface area contributed by atoms with Crippen LogP contribution in [0.3, 0.4) is 0 Å². The van der Waals surface area contributed by atoms with Crippen LogP contribution >= 0.6 is 0 Å². The molecule has 0 radical (unpaired) electrons. The van der Waals surface area contributed by atoms with E-state index in [2.05, 4.69) is 31.1 Å². The van der Waals surface area contributed by atoms with E-state index in [0.29, 0.717) is 5.41 Å². The SMILES string of the molecule is CN(CCC1CC(C)(C)CN1)C1CC1. The molecule has 0 aromatic heterocycles. The molecule has 0 spiro atoms. The van der Waals surface area contributed by atoms with Gasteiger partial charge in [-0.2, -0.15) is 0 Å². The lowest BCUT2D eigenvalue weighted by atomic mass is 9.90. The second kappa shape index (κ2) is 3.82. The fourth-order valence-electron chi connectivity index (χ4n) is 2.49. The molecule has 0 aromatic carbocycles. The largest absolute Gasteiger partial charge is 0.313 e. The van der Waals surface area contributed by atoms with E-state index in [1.807, 2.05) is 0 Å². The van der Waals surface area contributed by atoms with Crippen LogP contribution < -0.4 is 5.32 Å². The molecule has 2 fully saturated rings. The van der Waals surface area contributed by atoms with Crippen LogP contribution in [0.2, 0.25) is 0 Å². The molecule has 1 aliphatic carbocycles. The Hall–Kier alpha value is -0.0800. The molecule has 0 bridgehead atoms. The molecule has 1 heterocycles. The van der Waals surface area contributed by atoms with Crippen molar-refractivity contribution in [2.24, 2.45) is 5.41 Å². The predicted molar refractivity (Wildman–Crippen MR) is 60.5 cm³/mol. The zero-order chi connectivity index (χ0) is 10.2. The van der Waals surface area contributed by atoms with Gasteiger partial charge in [-0.25, -0.2) is 0 Å². The van der Waals surface area contributed by atoms with Crippen LogP contribution in [-0.2, 0) is 0 Å². The van der Waals surface area contributed by atoms with Gasteiger partial charge in [-0.1, -0.05) is 13.8 Å². The third-order valence-corrected chi connectivity index (χ3v) is 3.67. The molecule has 14 heavy (non-hydrogen) atoms. The second-order valence-electron chi connectivity index (χ2n) is 5.95. The molecule has 0 aromatic rings. The summed E-state index contributed by atoms with van der Waals surface area (Å²) in [5.74, 6) is 0. The first kappa shape index (κ1) is 10.4. The highest BCUT2D eigenvalue weighted by molar-refractivity contribution is 4.89. The van der Waals surface area contributed by atoms with Gasteiger partial charge in [-0.05, 0) is 44.7 Å². The van der Waals surface area contributed by atoms with Crippen molar-refractivity contribution in [3.05, 3.63) is 0 Å². The second-order valence-corrected chi connectivity index (χ2v) is 5.95. The lowest BCUT2D eigenvalue weighted by Crippen LogP contribution is -2.29. The highest BCUT2D eigenvalue weighted by atomic mass is 15.2. The van der Waals surface area contributed by atoms with Crippen molar-refractivity contribution in [3.8, 4) is 0 Å². The molecule has 1 saturated heterocycles. The fraction of sp³-hybridized carbons (Fsp3) is 1.00. The number of rotatable bonds is 4. The van der Waals surface area contributed by atoms with Crippen LogP contribution in [-0.4, -0.2) is 37.1 Å². The van der Waals surface area contributed by atoms with Gasteiger partial charge in [0.15, 0.2) is 0 Å². The van der Waals surface area contributed by atoms with Crippen LogP contribution in [0.1, 0.15) is 39.5 Å². The zero-order valence-electron chi connectivity index (χ0n) is 9.84. The number of nitrogens with zero attached hydrogens (tertiary/aromatic N) is 1. The number of hydrogen-bond acceptors (Lipinski definition) is 2. The summed E-state index contributed by atoms with van der Waals surface area (Å²) >= 11 is 0. The highest BCUT2D eigenvalue weighted by Gasteiger charge is 2.31. The van der Waals surface area contributed by atoms with Crippen molar-refractivity contribution < 1.29 is 0 Å². The molecule has 1 aliphatic heterocycles. The maximum Gasteiger partial charge on any atom is 0.00933 e. The Labute approximate surface area is 88.1 Å². The van der Waals surface area contributed by atoms with Gasteiger partial charge in [0, 0.05) is 18.6 Å². The average molecular weight is 196 g/mol. The minimum atomic E-state index is 0.531. The lowest BCUT2D eigenvalue weighted by molar-refractivity contribution is 0.298. The summed E-state index contributed by atoms with van der Waals surface area (Å²) in [6.45, 7) is 7.21. The average Bonchev–Trinajstić information content (AvgIpc) is 2.88. The Kier molecular flexibility index (Phi) is 2.85. The van der Waals surface area contributed by atoms with Crippen molar-refractivity contribution in [2.45, 2.75) is 51.6 Å². The predicted octanol–water partition coefficient (Wildman–Crippen LogP) is 1.86. The first-order valence-electron chi connectivity index (χ1n) is 6.00. The zero-order valence-corrected chi connectivity index (χ0v) is 9.84. The van der Waals surface area contributed by atoms with Crippen LogP contribution in [0.4, 0.5) is 0 Å². The van der Waals surface area contributed by atoms with Gasteiger partial charge in [-0.15, -0.1) is 0 Å². The van der Waals surface area contributed by atoms with E-state index < -0.39 is 0 Å². The highest BCUT2D eigenvalue weighted by Crippen LogP contribution is 2.30. The molecular formula is C12H24N2. The van der Waals surface area contributed by atoms with Crippen LogP contribution in [0.15, 0.2) is 0 Å². The van der Waals surface area contributed by atoms with Crippen molar-refractivity contribution in [3.63, 3.8) is 0 Å². The Balaban J connectivity index is 1.66. The van der Waals surface area contributed by atoms with E-state index in [0.717, 1.165) is 12.1 Å². The number of nitrogens with one attached hydrogen (secondary N) is 1. The molecule has 1 saturated carbocycles. The summed E-state index contributed by atoms with van der Waals surface area (Å²) in [5.41, 5.74) is 0.531. The third kappa shape index (κ3) is 2.71. The summed E-state index contributed by atoms with van der Waals surface area (Å²) in [4.78, 5) is 2.53. The van der Waals surface area contributed by atoms with Gasteiger partial charge < -0.3 is 10.2 Å². The summed E-state index contributed by atoms with van der Waals surface area (Å²) in [5, 5.41) is 3.63. The van der Waals surface area contributed by atoms with E-state index in [-0.39, 0.29) is 0 Å². The quantitative estimate of drug-likeness (QED) is 0.738. The summed E-state index contributed by atoms with van der Waals surface area (Å²) in [7, 11) is 2.28. The molecule has 2 nitrogen and oxygen atoms in total. The van der Waals surface area contributed by atoms with E-state index in [1.54, 1.807) is 0 Å². The Morgan fingerprint density at radius 2 is 2.07 bits per heavy atom. The van der Waals surface area contributed by atoms with Gasteiger partial charge in [0.25, 0.3) is 0 Å². The third-order valence-electron chi connectivity index (χ3n) is 3.67. The Morgan fingerprint density at radius 3 is 2.57 bits per heavy atom. The molecule has 2 rings (SSSR count). The van der Waals surface area contributed by atoms with Gasteiger partial charge in [0.1, 0.15) is 0 Å². The standard InChI is InChI=1S/C12H24N2/c1-12(2)8-10(13-9-12)6-7-14(3)11-4-5-11/h10-11,13H,4-9H2,1-3H3. The normalized spacial score (nSPS) is 31.3. The molecule has 1 atom stereocenters. The van der Waals surface area contributed by atoms with E-state index in [9.17, 15) is 0 Å². The minimum absolute atomic E-state index is 0.531. The summed E-state index contributed by atoms with van der Waals surface area (Å²) in [6.07, 6.45) is 5.54. The first-order chi connectivity index (χ1) is 6.57. The van der Waals surface area contributed by atoms with Crippen LogP contribution in [0.5, 0.6) is 0 Å². The van der Waals surface area contributed by atoms with Gasteiger partial charge in [-0.3, -0.25) is 0 Å². The molecular weight excluding hydrogens is 172 g/mol. The molecule has 1 unspecified atom stereocenters. The maximum absolute atomic E-state index is 3.63. The topological polar surface area (TPSA) is 15.3 Å². The Bertz CT molecular complexity index is 196. The maximum atomic E-state index is 3.63. The van der Waals surface area contributed by atoms with E-state index >= 15 is 0 Å². The molecule has 1 N–H and O–H groups in total. The van der Waals surface area contributed by atoms with Crippen LogP contribution in [0.25, 0.3) is 0 Å². The minimum Gasteiger partial charge on any atom is -0.313 e. The number of hydrogen-bond donors (Lipinski definition) is 1. The van der Waals surface area contributed by atoms with E-state index in [4.69, 9.17) is 0 Å². The Morgan fingerprint density at radius 1 is 1.36 bits per heavy atom. The molecule has 2 heteroatoms. The molecule has 2 aliphatic rings.